The Bertz CT molecular complexity index is 1610. The van der Waals surface area contributed by atoms with Crippen molar-refractivity contribution in [1.82, 2.24) is 24.7 Å². The third-order valence-corrected chi connectivity index (χ3v) is 9.01. The highest BCUT2D eigenvalue weighted by Crippen LogP contribution is 2.35. The number of aromatic nitrogens is 2. The topological polar surface area (TPSA) is 106 Å². The van der Waals surface area contributed by atoms with E-state index in [1.54, 1.807) is 4.90 Å². The predicted molar refractivity (Wildman–Crippen MR) is 164 cm³/mol. The standard InChI is InChI=1S/C33H37N7O3/c1-4-29(41)40-17-16-38(18-24(40)13-14-34)31-27-19-39(32(42)26-12-6-10-23-9-5-8-22(2)30(23)26)20-28(27)35-33(36-31)43-21-25-11-7-15-37(25)3/h4-6,8-10,12,24-25H,1,7,11,13,15-21H2,2-3H3. The predicted octanol–water partition coefficient (Wildman–Crippen LogP) is 3.68. The number of rotatable bonds is 7. The second-order valence-electron chi connectivity index (χ2n) is 11.7. The summed E-state index contributed by atoms with van der Waals surface area (Å²) in [5.74, 6) is 0.472. The molecule has 3 aliphatic rings. The van der Waals surface area contributed by atoms with Crippen molar-refractivity contribution in [2.24, 2.45) is 0 Å². The third-order valence-electron chi connectivity index (χ3n) is 9.01. The van der Waals surface area contributed by atoms with E-state index in [9.17, 15) is 14.9 Å². The van der Waals surface area contributed by atoms with Gasteiger partial charge in [-0.05, 0) is 61.8 Å². The Morgan fingerprint density at radius 2 is 1.93 bits per heavy atom. The Kier molecular flexibility index (Phi) is 8.00. The van der Waals surface area contributed by atoms with Gasteiger partial charge in [0.1, 0.15) is 12.4 Å². The minimum absolute atomic E-state index is 0.0531. The van der Waals surface area contributed by atoms with E-state index in [0.29, 0.717) is 62.8 Å². The van der Waals surface area contributed by atoms with Crippen molar-refractivity contribution in [1.29, 1.82) is 5.26 Å². The van der Waals surface area contributed by atoms with Gasteiger partial charge < -0.3 is 24.3 Å². The monoisotopic (exact) mass is 579 g/mol. The van der Waals surface area contributed by atoms with Crippen LogP contribution < -0.4 is 9.64 Å². The molecule has 3 aliphatic heterocycles. The normalized spacial score (nSPS) is 20.3. The number of piperazine rings is 1. The average Bonchev–Trinajstić information content (AvgIpc) is 3.64. The molecular formula is C33H37N7O3. The second kappa shape index (κ2) is 12.0. The molecule has 0 spiro atoms. The number of hydrogen-bond donors (Lipinski definition) is 0. The maximum atomic E-state index is 14.0. The van der Waals surface area contributed by atoms with E-state index in [1.165, 1.54) is 6.08 Å². The summed E-state index contributed by atoms with van der Waals surface area (Å²) in [6.45, 7) is 9.33. The molecule has 43 heavy (non-hydrogen) atoms. The first kappa shape index (κ1) is 28.6. The highest BCUT2D eigenvalue weighted by Gasteiger charge is 2.36. The number of nitriles is 1. The Hall–Kier alpha value is -4.49. The molecule has 0 radical (unpaired) electrons. The van der Waals surface area contributed by atoms with Gasteiger partial charge in [0.05, 0.1) is 37.3 Å². The summed E-state index contributed by atoms with van der Waals surface area (Å²) in [5.41, 5.74) is 3.38. The molecule has 10 nitrogen and oxygen atoms in total. The van der Waals surface area contributed by atoms with Crippen molar-refractivity contribution in [2.45, 2.75) is 51.4 Å². The lowest BCUT2D eigenvalue weighted by Crippen LogP contribution is -2.55. The fourth-order valence-electron chi connectivity index (χ4n) is 6.66. The molecule has 10 heteroatoms. The van der Waals surface area contributed by atoms with Crippen LogP contribution in [-0.4, -0.2) is 88.4 Å². The summed E-state index contributed by atoms with van der Waals surface area (Å²) < 4.78 is 6.20. The van der Waals surface area contributed by atoms with Gasteiger partial charge in [-0.2, -0.15) is 15.2 Å². The van der Waals surface area contributed by atoms with Crippen molar-refractivity contribution in [2.75, 3.05) is 44.7 Å². The van der Waals surface area contributed by atoms with Crippen molar-refractivity contribution in [3.8, 4) is 12.1 Å². The Morgan fingerprint density at radius 3 is 2.67 bits per heavy atom. The second-order valence-corrected chi connectivity index (χ2v) is 11.7. The minimum Gasteiger partial charge on any atom is -0.462 e. The molecule has 3 aromatic rings. The number of likely N-dealkylation sites (tertiary alicyclic amines) is 1. The first-order valence-corrected chi connectivity index (χ1v) is 14.9. The number of hydrogen-bond acceptors (Lipinski definition) is 8. The van der Waals surface area contributed by atoms with Crippen LogP contribution >= 0.6 is 0 Å². The number of amides is 2. The van der Waals surface area contributed by atoms with E-state index in [1.807, 2.05) is 48.2 Å². The Morgan fingerprint density at radius 1 is 1.12 bits per heavy atom. The SMILES string of the molecule is C=CC(=O)N1CCN(c2nc(OCC3CCCN3C)nc3c2CN(C(=O)c2cccc4cccc(C)c24)C3)CC1CC#N. The molecule has 0 N–H and O–H groups in total. The maximum Gasteiger partial charge on any atom is 0.318 e. The van der Waals surface area contributed by atoms with Gasteiger partial charge in [-0.3, -0.25) is 9.59 Å². The number of fused-ring (bicyclic) bond motifs is 2. The molecule has 0 saturated carbocycles. The number of ether oxygens (including phenoxy) is 1. The number of likely N-dealkylation sites (N-methyl/N-ethyl adjacent to an activating group) is 1. The summed E-state index contributed by atoms with van der Waals surface area (Å²) in [4.78, 5) is 44.2. The van der Waals surface area contributed by atoms with Crippen LogP contribution in [0.1, 0.15) is 46.4 Å². The molecule has 0 aliphatic carbocycles. The number of aryl methyl sites for hydroxylation is 1. The number of anilines is 1. The van der Waals surface area contributed by atoms with Crippen LogP contribution in [0.3, 0.4) is 0 Å². The molecule has 2 fully saturated rings. The number of benzene rings is 2. The highest BCUT2D eigenvalue weighted by molar-refractivity contribution is 6.08. The highest BCUT2D eigenvalue weighted by atomic mass is 16.5. The third kappa shape index (κ3) is 5.53. The van der Waals surface area contributed by atoms with Crippen LogP contribution in [0, 0.1) is 18.3 Å². The number of carbonyl (C=O) groups excluding carboxylic acids is 2. The molecule has 4 heterocycles. The van der Waals surface area contributed by atoms with Gasteiger partial charge in [0, 0.05) is 36.8 Å². The van der Waals surface area contributed by atoms with E-state index < -0.39 is 0 Å². The molecule has 6 rings (SSSR count). The lowest BCUT2D eigenvalue weighted by Gasteiger charge is -2.41. The molecule has 2 unspecified atom stereocenters. The summed E-state index contributed by atoms with van der Waals surface area (Å²) in [6, 6.07) is 14.4. The van der Waals surface area contributed by atoms with Crippen LogP contribution in [0.15, 0.2) is 49.1 Å². The fourth-order valence-corrected chi connectivity index (χ4v) is 6.66. The van der Waals surface area contributed by atoms with Gasteiger partial charge in [0.15, 0.2) is 0 Å². The Labute approximate surface area is 252 Å². The first-order valence-electron chi connectivity index (χ1n) is 14.9. The van der Waals surface area contributed by atoms with Gasteiger partial charge in [-0.15, -0.1) is 0 Å². The van der Waals surface area contributed by atoms with Gasteiger partial charge >= 0.3 is 6.01 Å². The number of carbonyl (C=O) groups is 2. The van der Waals surface area contributed by atoms with Crippen molar-refractivity contribution in [3.05, 3.63) is 71.4 Å². The van der Waals surface area contributed by atoms with E-state index in [0.717, 1.165) is 47.0 Å². The zero-order valence-corrected chi connectivity index (χ0v) is 24.8. The van der Waals surface area contributed by atoms with Crippen LogP contribution in [0.2, 0.25) is 0 Å². The number of nitrogens with zero attached hydrogens (tertiary/aromatic N) is 7. The molecule has 222 valence electrons. The zero-order valence-electron chi connectivity index (χ0n) is 24.8. The summed E-state index contributed by atoms with van der Waals surface area (Å²) in [7, 11) is 2.11. The van der Waals surface area contributed by atoms with Crippen LogP contribution in [0.4, 0.5) is 5.82 Å². The van der Waals surface area contributed by atoms with Crippen LogP contribution in [0.5, 0.6) is 6.01 Å². The molecule has 1 aromatic heterocycles. The van der Waals surface area contributed by atoms with Crippen LogP contribution in [-0.2, 0) is 17.9 Å². The Balaban J connectivity index is 1.32. The molecule has 0 bridgehead atoms. The van der Waals surface area contributed by atoms with Crippen molar-refractivity contribution < 1.29 is 14.3 Å². The summed E-state index contributed by atoms with van der Waals surface area (Å²) >= 11 is 0. The van der Waals surface area contributed by atoms with E-state index in [2.05, 4.69) is 29.5 Å². The summed E-state index contributed by atoms with van der Waals surface area (Å²) in [6.07, 6.45) is 3.70. The van der Waals surface area contributed by atoms with Gasteiger partial charge in [0.25, 0.3) is 5.91 Å². The first-order chi connectivity index (χ1) is 20.9. The van der Waals surface area contributed by atoms with E-state index in [-0.39, 0.29) is 24.3 Å². The van der Waals surface area contributed by atoms with Gasteiger partial charge in [-0.1, -0.05) is 36.9 Å². The average molecular weight is 580 g/mol. The summed E-state index contributed by atoms with van der Waals surface area (Å²) in [5, 5.41) is 11.5. The van der Waals surface area contributed by atoms with Gasteiger partial charge in [0.2, 0.25) is 5.91 Å². The molecular weight excluding hydrogens is 542 g/mol. The van der Waals surface area contributed by atoms with E-state index in [4.69, 9.17) is 14.7 Å². The largest absolute Gasteiger partial charge is 0.462 e. The van der Waals surface area contributed by atoms with Gasteiger partial charge in [-0.25, -0.2) is 0 Å². The molecule has 2 amide bonds. The van der Waals surface area contributed by atoms with Crippen molar-refractivity contribution in [3.63, 3.8) is 0 Å². The van der Waals surface area contributed by atoms with Crippen molar-refractivity contribution >= 4 is 28.4 Å². The lowest BCUT2D eigenvalue weighted by atomic mass is 9.99. The molecule has 2 saturated heterocycles. The smallest absolute Gasteiger partial charge is 0.318 e. The zero-order chi connectivity index (χ0) is 30.1. The quantitative estimate of drug-likeness (QED) is 0.391. The maximum absolute atomic E-state index is 14.0. The minimum atomic E-state index is -0.302. The van der Waals surface area contributed by atoms with E-state index >= 15 is 0 Å². The fraction of sp³-hybridized carbons (Fsp3) is 0.424. The lowest BCUT2D eigenvalue weighted by molar-refractivity contribution is -0.128. The van der Waals surface area contributed by atoms with Crippen LogP contribution in [0.25, 0.3) is 10.8 Å². The molecule has 2 aromatic carbocycles. The molecule has 2 atom stereocenters.